The van der Waals surface area contributed by atoms with Crippen LogP contribution in [0.1, 0.15) is 86.5 Å². The van der Waals surface area contributed by atoms with Crippen LogP contribution < -0.4 is 5.32 Å². The molecule has 1 N–H and O–H groups in total. The van der Waals surface area contributed by atoms with Gasteiger partial charge in [0.2, 0.25) is 0 Å². The van der Waals surface area contributed by atoms with Gasteiger partial charge in [0.15, 0.2) is 0 Å². The fourth-order valence-corrected chi connectivity index (χ4v) is 4.81. The van der Waals surface area contributed by atoms with Crippen LogP contribution >= 0.6 is 11.6 Å². The summed E-state index contributed by atoms with van der Waals surface area (Å²) in [6, 6.07) is 9.44. The first-order chi connectivity index (χ1) is 21.1. The van der Waals surface area contributed by atoms with Crippen molar-refractivity contribution in [2.75, 3.05) is 46.8 Å². The molecule has 5 nitrogen and oxygen atoms in total. The summed E-state index contributed by atoms with van der Waals surface area (Å²) in [5, 5.41) is 2.78. The van der Waals surface area contributed by atoms with Gasteiger partial charge in [-0.05, 0) is 63.4 Å². The van der Waals surface area contributed by atoms with E-state index >= 15 is 0 Å². The average Bonchev–Trinajstić information content (AvgIpc) is 3.63. The maximum absolute atomic E-state index is 11.0. The third-order valence-corrected chi connectivity index (χ3v) is 7.95. The first kappa shape index (κ1) is 49.5. The summed E-state index contributed by atoms with van der Waals surface area (Å²) >= 11 is 5.54. The molecule has 3 fully saturated rings. The van der Waals surface area contributed by atoms with Gasteiger partial charge in [-0.2, -0.15) is 19.4 Å². The van der Waals surface area contributed by atoms with Crippen LogP contribution in [0.2, 0.25) is 5.02 Å². The Hall–Kier alpha value is -0.848. The number of hydrogen-bond acceptors (Lipinski definition) is 5. The molecule has 1 aromatic rings. The van der Waals surface area contributed by atoms with Gasteiger partial charge in [-0.1, -0.05) is 97.0 Å². The molecule has 1 aromatic carbocycles. The Bertz CT molecular complexity index is 838. The number of carbonyl (C=O) groups is 2. The first-order valence-corrected chi connectivity index (χ1v) is 16.8. The predicted octanol–water partition coefficient (Wildman–Crippen LogP) is 8.97. The summed E-state index contributed by atoms with van der Waals surface area (Å²) in [6.45, 7) is 21.5. The van der Waals surface area contributed by atoms with Gasteiger partial charge in [-0.25, -0.2) is 0 Å². The van der Waals surface area contributed by atoms with Gasteiger partial charge in [-0.15, -0.1) is 0 Å². The summed E-state index contributed by atoms with van der Waals surface area (Å²) in [5.74, 6) is 3.78. The largest absolute Gasteiger partial charge is 0.497 e. The molecule has 2 atom stereocenters. The number of nitrogens with zero attached hydrogens (tertiary/aromatic N) is 2. The van der Waals surface area contributed by atoms with E-state index in [0.717, 1.165) is 48.6 Å². The van der Waals surface area contributed by atoms with Gasteiger partial charge < -0.3 is 26.5 Å². The summed E-state index contributed by atoms with van der Waals surface area (Å²) in [7, 11) is 3.44. The third kappa shape index (κ3) is 31.7. The van der Waals surface area contributed by atoms with E-state index in [0.29, 0.717) is 12.2 Å². The maximum atomic E-state index is 11.0. The zero-order valence-corrected chi connectivity index (χ0v) is 34.6. The van der Waals surface area contributed by atoms with E-state index < -0.39 is 12.7 Å². The number of ketones is 1. The summed E-state index contributed by atoms with van der Waals surface area (Å²) < 4.78 is 33.0. The number of rotatable bonds is 5. The Morgan fingerprint density at radius 1 is 0.978 bits per heavy atom. The van der Waals surface area contributed by atoms with E-state index in [9.17, 15) is 22.8 Å². The van der Waals surface area contributed by atoms with Gasteiger partial charge >= 0.3 is 6.18 Å². The second-order valence-corrected chi connectivity index (χ2v) is 13.2. The molecule has 0 bridgehead atoms. The van der Waals surface area contributed by atoms with E-state index in [-0.39, 0.29) is 42.9 Å². The molecule has 0 aromatic heterocycles. The van der Waals surface area contributed by atoms with Crippen molar-refractivity contribution in [3.63, 3.8) is 0 Å². The van der Waals surface area contributed by atoms with Crippen molar-refractivity contribution in [3.8, 4) is 0 Å². The van der Waals surface area contributed by atoms with Crippen molar-refractivity contribution in [2.45, 2.75) is 92.7 Å². The van der Waals surface area contributed by atoms with E-state index in [1.165, 1.54) is 52.2 Å². The van der Waals surface area contributed by atoms with E-state index in [4.69, 9.17) is 18.2 Å². The molecular weight excluding hydrogens is 837 g/mol. The molecule has 2 heterocycles. The Kier molecular flexibility index (Phi) is 32.6. The molecule has 1 saturated carbocycles. The van der Waals surface area contributed by atoms with Crippen LogP contribution in [0.3, 0.4) is 0 Å². The molecular formula is C36H62ClF3N3O2U-. The van der Waals surface area contributed by atoms with Crippen molar-refractivity contribution < 1.29 is 53.9 Å². The minimum Gasteiger partial charge on any atom is -0.497 e. The Labute approximate surface area is 308 Å². The van der Waals surface area contributed by atoms with Crippen LogP contribution in [0, 0.1) is 67.3 Å². The molecule has 4 rings (SSSR count). The van der Waals surface area contributed by atoms with Crippen molar-refractivity contribution in [1.82, 2.24) is 15.1 Å². The summed E-state index contributed by atoms with van der Waals surface area (Å²) in [5.41, 5.74) is 0. The van der Waals surface area contributed by atoms with Gasteiger partial charge in [0.25, 0.3) is 0 Å². The number of Topliss-reactive ketones (excluding diaryl/α,β-unsaturated/α-hetero) is 1. The smallest absolute Gasteiger partial charge is 0.401 e. The van der Waals surface area contributed by atoms with Crippen LogP contribution in [0.15, 0.2) is 36.5 Å². The molecule has 2 unspecified atom stereocenters. The monoisotopic (exact) mass is 898 g/mol. The zero-order valence-electron chi connectivity index (χ0n) is 29.7. The Balaban J connectivity index is -0.000000482. The molecule has 3 aliphatic rings. The fraction of sp³-hybridized carbons (Fsp3) is 0.722. The van der Waals surface area contributed by atoms with Crippen LogP contribution in [0.25, 0.3) is 0 Å². The van der Waals surface area contributed by atoms with Gasteiger partial charge in [0.05, 0.1) is 6.54 Å². The Morgan fingerprint density at radius 2 is 1.50 bits per heavy atom. The molecule has 46 heavy (non-hydrogen) atoms. The van der Waals surface area contributed by atoms with Crippen LogP contribution in [-0.4, -0.2) is 74.9 Å². The van der Waals surface area contributed by atoms with Gasteiger partial charge in [-0.3, -0.25) is 4.79 Å². The third-order valence-electron chi connectivity index (χ3n) is 7.69. The molecule has 0 spiro atoms. The minimum atomic E-state index is -4.06. The normalized spacial score (nSPS) is 21.9. The Morgan fingerprint density at radius 3 is 1.67 bits per heavy atom. The zero-order chi connectivity index (χ0) is 34.8. The molecule has 2 saturated heterocycles. The summed E-state index contributed by atoms with van der Waals surface area (Å²) in [6.07, 6.45) is 7.41. The topological polar surface area (TPSA) is 52.7 Å². The van der Waals surface area contributed by atoms with Crippen molar-refractivity contribution in [1.29, 1.82) is 0 Å². The average molecular weight is 899 g/mol. The maximum Gasteiger partial charge on any atom is 0.401 e. The molecule has 1 aliphatic carbocycles. The van der Waals surface area contributed by atoms with E-state index in [2.05, 4.69) is 32.7 Å². The van der Waals surface area contributed by atoms with Crippen molar-refractivity contribution in [3.05, 3.63) is 48.1 Å². The molecule has 2 aliphatic heterocycles. The second-order valence-electron chi connectivity index (χ2n) is 12.8. The number of halogens is 4. The SMILES string of the molecule is CC1CCC(C)CC1.CC1CCN(C)C1.CCC(=O)C(C)C.CNCC(F)(F)F.Clc1ccccc1.[CH-]=CN1CCC(C=O)C1.[U]. The number of hydrogen-bond donors (Lipinski definition) is 1. The number of benzene rings is 1. The standard InChI is InChI=1S/C8H16.C7H10NO.C6H5Cl.C6H13N.C6H12O.C3H6F3N.U/c1-7-3-5-8(2)6-4-7;1-2-8-4-3-7(5-8)6-9;7-6-4-2-1-3-5-6;1-6-3-4-7(2)5-6;1-4-6(7)5(2)3;1-7-2-3(4,5)6;/h7-8H,3-6H2,1-2H3;1-2,6-7H,3-5H2;1-5H;6H,3-5H2,1-2H3;5H,4H2,1-3H3;7H,2H2,1H3;/q;-1;;;;;. The second kappa shape index (κ2) is 30.2. The number of alkyl halides is 3. The molecule has 10 heteroatoms. The predicted molar refractivity (Wildman–Crippen MR) is 184 cm³/mol. The van der Waals surface area contributed by atoms with Crippen LogP contribution in [0.4, 0.5) is 13.2 Å². The number of likely N-dealkylation sites (tertiary alicyclic amines) is 2. The van der Waals surface area contributed by atoms with Crippen molar-refractivity contribution >= 4 is 23.7 Å². The minimum absolute atomic E-state index is 0. The van der Waals surface area contributed by atoms with Crippen molar-refractivity contribution in [2.24, 2.45) is 29.6 Å². The molecule has 0 amide bonds. The number of nitrogens with one attached hydrogen (secondary N) is 1. The number of carbonyl (C=O) groups excluding carboxylic acids is 2. The van der Waals surface area contributed by atoms with E-state index in [1.807, 2.05) is 61.3 Å². The number of aldehydes is 1. The molecule has 0 radical (unpaired) electrons. The molecule has 266 valence electrons. The van der Waals surface area contributed by atoms with Gasteiger partial charge in [0.1, 0.15) is 12.1 Å². The summed E-state index contributed by atoms with van der Waals surface area (Å²) in [4.78, 5) is 25.0. The van der Waals surface area contributed by atoms with E-state index in [1.54, 1.807) is 6.20 Å². The first-order valence-electron chi connectivity index (χ1n) is 16.5. The quantitative estimate of drug-likeness (QED) is 0.237. The van der Waals surface area contributed by atoms with Crippen LogP contribution in [-0.2, 0) is 9.59 Å². The fourth-order valence-electron chi connectivity index (χ4n) is 4.67. The van der Waals surface area contributed by atoms with Gasteiger partial charge in [0, 0.05) is 74.0 Å². The van der Waals surface area contributed by atoms with Crippen LogP contribution in [0.5, 0.6) is 0 Å².